The van der Waals surface area contributed by atoms with Crippen LogP contribution in [-0.2, 0) is 5.54 Å². The first-order valence-corrected chi connectivity index (χ1v) is 4.24. The van der Waals surface area contributed by atoms with Crippen LogP contribution in [0.15, 0.2) is 16.9 Å². The van der Waals surface area contributed by atoms with Crippen LogP contribution in [-0.4, -0.2) is 4.57 Å². The van der Waals surface area contributed by atoms with Crippen molar-refractivity contribution in [2.75, 3.05) is 0 Å². The molecule has 0 bridgehead atoms. The summed E-state index contributed by atoms with van der Waals surface area (Å²) in [4.78, 5) is 0. The minimum atomic E-state index is -0.208. The van der Waals surface area contributed by atoms with Gasteiger partial charge >= 0.3 is 0 Å². The van der Waals surface area contributed by atoms with Gasteiger partial charge in [0.1, 0.15) is 0 Å². The fourth-order valence-electron chi connectivity index (χ4n) is 0.792. The smallest absolute Gasteiger partial charge is 0.155 e. The van der Waals surface area contributed by atoms with E-state index in [2.05, 4.69) is 15.9 Å². The van der Waals surface area contributed by atoms with Gasteiger partial charge in [-0.15, -0.1) is 0 Å². The summed E-state index contributed by atoms with van der Waals surface area (Å²) in [6.45, 7) is 6.08. The van der Waals surface area contributed by atoms with Gasteiger partial charge in [-0.1, -0.05) is 0 Å². The second-order valence-corrected chi connectivity index (χ2v) is 4.39. The standard InChI is InChI=1S/C8H11BrFN/c1-8(2,3)11-4-6(9)7(10)5-11/h4-5H,1-3H3. The van der Waals surface area contributed by atoms with E-state index in [4.69, 9.17) is 0 Å². The number of hydrogen-bond acceptors (Lipinski definition) is 0. The highest BCUT2D eigenvalue weighted by molar-refractivity contribution is 9.10. The molecule has 62 valence electrons. The van der Waals surface area contributed by atoms with E-state index in [9.17, 15) is 4.39 Å². The summed E-state index contributed by atoms with van der Waals surface area (Å²) >= 11 is 3.11. The highest BCUT2D eigenvalue weighted by Gasteiger charge is 2.14. The maximum absolute atomic E-state index is 12.8. The molecule has 11 heavy (non-hydrogen) atoms. The second-order valence-electron chi connectivity index (χ2n) is 3.53. The maximum atomic E-state index is 12.8. The Hall–Kier alpha value is -0.310. The third-order valence-electron chi connectivity index (χ3n) is 1.51. The van der Waals surface area contributed by atoms with E-state index in [0.717, 1.165) is 0 Å². The van der Waals surface area contributed by atoms with Crippen molar-refractivity contribution < 1.29 is 4.39 Å². The van der Waals surface area contributed by atoms with Crippen LogP contribution in [0.4, 0.5) is 4.39 Å². The SMILES string of the molecule is CC(C)(C)n1cc(F)c(Br)c1. The molecule has 0 radical (unpaired) electrons. The van der Waals surface area contributed by atoms with E-state index < -0.39 is 0 Å². The molecule has 0 saturated heterocycles. The van der Waals surface area contributed by atoms with E-state index in [1.54, 1.807) is 6.20 Å². The van der Waals surface area contributed by atoms with E-state index >= 15 is 0 Å². The zero-order chi connectivity index (χ0) is 8.65. The van der Waals surface area contributed by atoms with Gasteiger partial charge in [-0.2, -0.15) is 0 Å². The lowest BCUT2D eigenvalue weighted by Gasteiger charge is -2.20. The quantitative estimate of drug-likeness (QED) is 0.632. The van der Waals surface area contributed by atoms with E-state index in [-0.39, 0.29) is 11.4 Å². The van der Waals surface area contributed by atoms with Crippen molar-refractivity contribution >= 4 is 15.9 Å². The van der Waals surface area contributed by atoms with E-state index in [1.807, 2.05) is 25.3 Å². The Labute approximate surface area is 74.3 Å². The van der Waals surface area contributed by atoms with Gasteiger partial charge in [0.15, 0.2) is 5.82 Å². The molecule has 0 aliphatic carbocycles. The van der Waals surface area contributed by atoms with Crippen LogP contribution in [0.3, 0.4) is 0 Å². The summed E-state index contributed by atoms with van der Waals surface area (Å²) in [5.74, 6) is -0.208. The summed E-state index contributed by atoms with van der Waals surface area (Å²) in [6.07, 6.45) is 3.24. The van der Waals surface area contributed by atoms with Crippen LogP contribution in [0.25, 0.3) is 0 Å². The fourth-order valence-corrected chi connectivity index (χ4v) is 1.12. The zero-order valence-electron chi connectivity index (χ0n) is 6.86. The molecule has 0 aliphatic heterocycles. The van der Waals surface area contributed by atoms with Gasteiger partial charge in [0.25, 0.3) is 0 Å². The number of nitrogens with zero attached hydrogens (tertiary/aromatic N) is 1. The third-order valence-corrected chi connectivity index (χ3v) is 2.09. The molecule has 1 heterocycles. The first kappa shape index (κ1) is 8.78. The van der Waals surface area contributed by atoms with Crippen molar-refractivity contribution in [1.29, 1.82) is 0 Å². The summed E-state index contributed by atoms with van der Waals surface area (Å²) in [5.41, 5.74) is -0.0488. The lowest BCUT2D eigenvalue weighted by Crippen LogP contribution is -2.19. The van der Waals surface area contributed by atoms with Gasteiger partial charge < -0.3 is 4.57 Å². The monoisotopic (exact) mass is 219 g/mol. The maximum Gasteiger partial charge on any atom is 0.155 e. The topological polar surface area (TPSA) is 4.93 Å². The number of halogens is 2. The molecule has 0 N–H and O–H groups in total. The van der Waals surface area contributed by atoms with Gasteiger partial charge in [-0.25, -0.2) is 4.39 Å². The normalized spacial score (nSPS) is 12.1. The average molecular weight is 220 g/mol. The molecular formula is C8H11BrFN. The molecule has 0 aromatic carbocycles. The molecule has 0 saturated carbocycles. The molecule has 0 spiro atoms. The Bertz CT molecular complexity index is 240. The van der Waals surface area contributed by atoms with Crippen LogP contribution in [0, 0.1) is 5.82 Å². The summed E-state index contributed by atoms with van der Waals surface area (Å²) < 4.78 is 15.2. The number of rotatable bonds is 0. The predicted molar refractivity (Wildman–Crippen MR) is 47.1 cm³/mol. The Morgan fingerprint density at radius 2 is 1.91 bits per heavy atom. The van der Waals surface area contributed by atoms with Crippen molar-refractivity contribution in [3.63, 3.8) is 0 Å². The molecule has 1 nitrogen and oxygen atoms in total. The van der Waals surface area contributed by atoms with E-state index in [1.165, 1.54) is 6.20 Å². The molecular weight excluding hydrogens is 209 g/mol. The Kier molecular flexibility index (Phi) is 2.10. The fraction of sp³-hybridized carbons (Fsp3) is 0.500. The molecule has 3 heteroatoms. The molecule has 1 aromatic rings. The van der Waals surface area contributed by atoms with Crippen molar-refractivity contribution in [1.82, 2.24) is 4.57 Å². The second kappa shape index (κ2) is 2.63. The third kappa shape index (κ3) is 1.83. The van der Waals surface area contributed by atoms with E-state index in [0.29, 0.717) is 4.47 Å². The minimum absolute atomic E-state index is 0.0488. The zero-order valence-corrected chi connectivity index (χ0v) is 8.44. The Balaban J connectivity index is 3.08. The van der Waals surface area contributed by atoms with Crippen LogP contribution < -0.4 is 0 Å². The van der Waals surface area contributed by atoms with Gasteiger partial charge in [-0.3, -0.25) is 0 Å². The van der Waals surface area contributed by atoms with Crippen molar-refractivity contribution in [3.05, 3.63) is 22.7 Å². The summed E-state index contributed by atoms with van der Waals surface area (Å²) in [5, 5.41) is 0. The predicted octanol–water partition coefficient (Wildman–Crippen LogP) is 3.14. The Morgan fingerprint density at radius 3 is 2.09 bits per heavy atom. The highest BCUT2D eigenvalue weighted by atomic mass is 79.9. The van der Waals surface area contributed by atoms with Crippen LogP contribution in [0.5, 0.6) is 0 Å². The van der Waals surface area contributed by atoms with Gasteiger partial charge in [0.05, 0.1) is 4.47 Å². The molecule has 0 unspecified atom stereocenters. The van der Waals surface area contributed by atoms with Gasteiger partial charge in [0.2, 0.25) is 0 Å². The van der Waals surface area contributed by atoms with Crippen LogP contribution in [0.1, 0.15) is 20.8 Å². The van der Waals surface area contributed by atoms with Crippen LogP contribution >= 0.6 is 15.9 Å². The first-order chi connectivity index (χ1) is 4.91. The number of aromatic nitrogens is 1. The summed E-state index contributed by atoms with van der Waals surface area (Å²) in [6, 6.07) is 0. The lowest BCUT2D eigenvalue weighted by molar-refractivity contribution is 0.394. The largest absolute Gasteiger partial charge is 0.345 e. The van der Waals surface area contributed by atoms with Gasteiger partial charge in [-0.05, 0) is 36.7 Å². The van der Waals surface area contributed by atoms with Crippen molar-refractivity contribution in [2.45, 2.75) is 26.3 Å². The minimum Gasteiger partial charge on any atom is -0.345 e. The molecule has 0 aliphatic rings. The first-order valence-electron chi connectivity index (χ1n) is 3.45. The summed E-state index contributed by atoms with van der Waals surface area (Å²) in [7, 11) is 0. The van der Waals surface area contributed by atoms with Crippen molar-refractivity contribution in [3.8, 4) is 0 Å². The molecule has 1 rings (SSSR count). The highest BCUT2D eigenvalue weighted by Crippen LogP contribution is 2.21. The molecule has 0 amide bonds. The molecule has 0 fully saturated rings. The molecule has 0 atom stereocenters. The molecule has 1 aromatic heterocycles. The lowest BCUT2D eigenvalue weighted by atomic mass is 10.1. The average Bonchev–Trinajstić information content (AvgIpc) is 2.11. The van der Waals surface area contributed by atoms with Crippen molar-refractivity contribution in [2.24, 2.45) is 0 Å². The van der Waals surface area contributed by atoms with Crippen LogP contribution in [0.2, 0.25) is 0 Å². The Morgan fingerprint density at radius 1 is 1.36 bits per heavy atom. The van der Waals surface area contributed by atoms with Gasteiger partial charge in [0, 0.05) is 17.9 Å². The number of hydrogen-bond donors (Lipinski definition) is 0.